The van der Waals surface area contributed by atoms with Gasteiger partial charge in [0.2, 0.25) is 0 Å². The first-order chi connectivity index (χ1) is 13.3. The SMILES string of the molecule is O=C(Nc1cccc(C(F)(F)F)c1)c1cccc(C(=O)N2CCCCCC2)c1. The number of benzene rings is 2. The van der Waals surface area contributed by atoms with Crippen LogP contribution in [0.2, 0.25) is 0 Å². The molecule has 2 aromatic rings. The molecule has 1 N–H and O–H groups in total. The van der Waals surface area contributed by atoms with Gasteiger partial charge in [0.15, 0.2) is 0 Å². The molecule has 0 saturated carbocycles. The Balaban J connectivity index is 1.74. The van der Waals surface area contributed by atoms with Gasteiger partial charge in [0.1, 0.15) is 0 Å². The Morgan fingerprint density at radius 3 is 2.18 bits per heavy atom. The fraction of sp³-hybridized carbons (Fsp3) is 0.333. The molecule has 28 heavy (non-hydrogen) atoms. The van der Waals surface area contributed by atoms with E-state index >= 15 is 0 Å². The van der Waals surface area contributed by atoms with Crippen LogP contribution in [0.1, 0.15) is 52.0 Å². The summed E-state index contributed by atoms with van der Waals surface area (Å²) in [5.74, 6) is -0.694. The van der Waals surface area contributed by atoms with Gasteiger partial charge in [-0.25, -0.2) is 0 Å². The van der Waals surface area contributed by atoms with Crippen molar-refractivity contribution in [2.45, 2.75) is 31.9 Å². The van der Waals surface area contributed by atoms with Crippen molar-refractivity contribution in [2.75, 3.05) is 18.4 Å². The number of carbonyl (C=O) groups is 2. The van der Waals surface area contributed by atoms with Crippen molar-refractivity contribution >= 4 is 17.5 Å². The van der Waals surface area contributed by atoms with Gasteiger partial charge in [-0.1, -0.05) is 25.0 Å². The van der Waals surface area contributed by atoms with Gasteiger partial charge in [0.05, 0.1) is 5.56 Å². The minimum atomic E-state index is -4.49. The number of hydrogen-bond donors (Lipinski definition) is 1. The number of likely N-dealkylation sites (tertiary alicyclic amines) is 1. The molecule has 0 bridgehead atoms. The number of amides is 2. The lowest BCUT2D eigenvalue weighted by Crippen LogP contribution is -2.32. The molecule has 1 aliphatic heterocycles. The Kier molecular flexibility index (Phi) is 6.02. The molecule has 0 atom stereocenters. The van der Waals surface area contributed by atoms with Gasteiger partial charge in [-0.3, -0.25) is 9.59 Å². The second-order valence-electron chi connectivity index (χ2n) is 6.82. The van der Waals surface area contributed by atoms with Crippen LogP contribution in [0.15, 0.2) is 48.5 Å². The summed E-state index contributed by atoms with van der Waals surface area (Å²) in [6, 6.07) is 10.7. The molecule has 0 unspecified atom stereocenters. The van der Waals surface area contributed by atoms with Gasteiger partial charge in [-0.15, -0.1) is 0 Å². The predicted molar refractivity (Wildman–Crippen MR) is 100 cm³/mol. The zero-order valence-corrected chi connectivity index (χ0v) is 15.3. The molecule has 0 radical (unpaired) electrons. The standard InChI is InChI=1S/C21H21F3N2O2/c22-21(23,24)17-9-6-10-18(14-17)25-19(27)15-7-5-8-16(13-15)20(28)26-11-3-1-2-4-12-26/h5-10,13-14H,1-4,11-12H2,(H,25,27). The number of carbonyl (C=O) groups excluding carboxylic acids is 2. The number of alkyl halides is 3. The minimum absolute atomic E-state index is 0.0454. The summed E-state index contributed by atoms with van der Waals surface area (Å²) in [6.07, 6.45) is -0.365. The summed E-state index contributed by atoms with van der Waals surface area (Å²) < 4.78 is 38.5. The molecular weight excluding hydrogens is 369 g/mol. The Morgan fingerprint density at radius 2 is 1.50 bits per heavy atom. The third kappa shape index (κ3) is 4.91. The van der Waals surface area contributed by atoms with E-state index in [-0.39, 0.29) is 17.2 Å². The van der Waals surface area contributed by atoms with Crippen LogP contribution in [0.3, 0.4) is 0 Å². The van der Waals surface area contributed by atoms with E-state index in [4.69, 9.17) is 0 Å². The van der Waals surface area contributed by atoms with Crippen LogP contribution < -0.4 is 5.32 Å². The molecule has 0 aliphatic carbocycles. The highest BCUT2D eigenvalue weighted by atomic mass is 19.4. The van der Waals surface area contributed by atoms with Gasteiger partial charge in [0, 0.05) is 29.9 Å². The molecule has 7 heteroatoms. The van der Waals surface area contributed by atoms with Gasteiger partial charge in [0.25, 0.3) is 11.8 Å². The van der Waals surface area contributed by atoms with Crippen molar-refractivity contribution < 1.29 is 22.8 Å². The van der Waals surface area contributed by atoms with Crippen molar-refractivity contribution in [1.29, 1.82) is 0 Å². The molecule has 1 aliphatic rings. The first kappa shape index (κ1) is 19.9. The quantitative estimate of drug-likeness (QED) is 0.804. The second kappa shape index (κ2) is 8.46. The fourth-order valence-corrected chi connectivity index (χ4v) is 3.23. The maximum Gasteiger partial charge on any atom is 0.416 e. The van der Waals surface area contributed by atoms with Crippen molar-refractivity contribution in [2.24, 2.45) is 0 Å². The van der Waals surface area contributed by atoms with Crippen LogP contribution in [-0.2, 0) is 6.18 Å². The van der Waals surface area contributed by atoms with Gasteiger partial charge < -0.3 is 10.2 Å². The lowest BCUT2D eigenvalue weighted by molar-refractivity contribution is -0.137. The maximum absolute atomic E-state index is 12.8. The zero-order chi connectivity index (χ0) is 20.1. The van der Waals surface area contributed by atoms with E-state index in [0.717, 1.165) is 37.8 Å². The Bertz CT molecular complexity index is 857. The molecule has 1 fully saturated rings. The second-order valence-corrected chi connectivity index (χ2v) is 6.82. The first-order valence-corrected chi connectivity index (χ1v) is 9.22. The van der Waals surface area contributed by atoms with E-state index in [0.29, 0.717) is 18.7 Å². The third-order valence-corrected chi connectivity index (χ3v) is 4.71. The van der Waals surface area contributed by atoms with E-state index < -0.39 is 17.6 Å². The molecule has 0 aromatic heterocycles. The van der Waals surface area contributed by atoms with E-state index in [1.54, 1.807) is 17.0 Å². The monoisotopic (exact) mass is 390 g/mol. The smallest absolute Gasteiger partial charge is 0.339 e. The van der Waals surface area contributed by atoms with Crippen LogP contribution in [0.4, 0.5) is 18.9 Å². The zero-order valence-electron chi connectivity index (χ0n) is 15.3. The van der Waals surface area contributed by atoms with E-state index in [1.165, 1.54) is 24.3 Å². The first-order valence-electron chi connectivity index (χ1n) is 9.22. The summed E-state index contributed by atoms with van der Waals surface area (Å²) >= 11 is 0. The summed E-state index contributed by atoms with van der Waals surface area (Å²) in [6.45, 7) is 1.39. The molecule has 0 spiro atoms. The molecule has 1 saturated heterocycles. The van der Waals surface area contributed by atoms with E-state index in [2.05, 4.69) is 5.32 Å². The Labute approximate surface area is 161 Å². The van der Waals surface area contributed by atoms with Crippen molar-refractivity contribution in [3.8, 4) is 0 Å². The average Bonchev–Trinajstić information content (AvgIpc) is 2.96. The van der Waals surface area contributed by atoms with Crippen LogP contribution >= 0.6 is 0 Å². The molecular formula is C21H21F3N2O2. The van der Waals surface area contributed by atoms with Gasteiger partial charge in [-0.05, 0) is 49.2 Å². The largest absolute Gasteiger partial charge is 0.416 e. The lowest BCUT2D eigenvalue weighted by Gasteiger charge is -2.20. The molecule has 3 rings (SSSR count). The average molecular weight is 390 g/mol. The van der Waals surface area contributed by atoms with Crippen molar-refractivity contribution in [1.82, 2.24) is 4.90 Å². The van der Waals surface area contributed by atoms with Crippen molar-refractivity contribution in [3.05, 3.63) is 65.2 Å². The summed E-state index contributed by atoms with van der Waals surface area (Å²) in [7, 11) is 0. The minimum Gasteiger partial charge on any atom is -0.339 e. The Hall–Kier alpha value is -2.83. The number of nitrogens with zero attached hydrogens (tertiary/aromatic N) is 1. The fourth-order valence-electron chi connectivity index (χ4n) is 3.23. The molecule has 1 heterocycles. The number of rotatable bonds is 3. The Morgan fingerprint density at radius 1 is 0.857 bits per heavy atom. The summed E-state index contributed by atoms with van der Waals surface area (Å²) in [4.78, 5) is 27.0. The van der Waals surface area contributed by atoms with Crippen LogP contribution in [0.25, 0.3) is 0 Å². The van der Waals surface area contributed by atoms with Gasteiger partial charge >= 0.3 is 6.18 Å². The highest BCUT2D eigenvalue weighted by molar-refractivity contribution is 6.06. The highest BCUT2D eigenvalue weighted by Gasteiger charge is 2.30. The third-order valence-electron chi connectivity index (χ3n) is 4.71. The summed E-state index contributed by atoms with van der Waals surface area (Å²) in [5.41, 5.74) is -0.170. The summed E-state index contributed by atoms with van der Waals surface area (Å²) in [5, 5.41) is 2.46. The molecule has 148 valence electrons. The number of halogens is 3. The van der Waals surface area contributed by atoms with Crippen LogP contribution in [0.5, 0.6) is 0 Å². The van der Waals surface area contributed by atoms with Crippen LogP contribution in [0, 0.1) is 0 Å². The normalized spacial score (nSPS) is 15.0. The van der Waals surface area contributed by atoms with Crippen LogP contribution in [-0.4, -0.2) is 29.8 Å². The predicted octanol–water partition coefficient (Wildman–Crippen LogP) is 4.97. The number of anilines is 1. The molecule has 2 amide bonds. The van der Waals surface area contributed by atoms with E-state index in [1.807, 2.05) is 0 Å². The number of nitrogens with one attached hydrogen (secondary N) is 1. The van der Waals surface area contributed by atoms with E-state index in [9.17, 15) is 22.8 Å². The number of hydrogen-bond acceptors (Lipinski definition) is 2. The molecule has 2 aromatic carbocycles. The lowest BCUT2D eigenvalue weighted by atomic mass is 10.1. The van der Waals surface area contributed by atoms with Gasteiger partial charge in [-0.2, -0.15) is 13.2 Å². The van der Waals surface area contributed by atoms with Crippen molar-refractivity contribution in [3.63, 3.8) is 0 Å². The molecule has 4 nitrogen and oxygen atoms in total. The topological polar surface area (TPSA) is 49.4 Å². The highest BCUT2D eigenvalue weighted by Crippen LogP contribution is 2.30. The maximum atomic E-state index is 12.8.